The van der Waals surface area contributed by atoms with Gasteiger partial charge in [0.2, 0.25) is 0 Å². The van der Waals surface area contributed by atoms with Crippen LogP contribution in [0.5, 0.6) is 0 Å². The second-order valence-corrected chi connectivity index (χ2v) is 7.76. The molecule has 1 heterocycles. The van der Waals surface area contributed by atoms with E-state index in [2.05, 4.69) is 26.1 Å². The molecule has 1 saturated carbocycles. The minimum Gasteiger partial charge on any atom is -0.392 e. The van der Waals surface area contributed by atoms with E-state index in [9.17, 15) is 5.11 Å². The van der Waals surface area contributed by atoms with Gasteiger partial charge in [-0.15, -0.1) is 0 Å². The zero-order chi connectivity index (χ0) is 13.9. The van der Waals surface area contributed by atoms with Crippen LogP contribution in [0.3, 0.4) is 0 Å². The lowest BCUT2D eigenvalue weighted by Crippen LogP contribution is -2.47. The van der Waals surface area contributed by atoms with E-state index in [1.165, 1.54) is 25.7 Å². The number of ether oxygens (including phenoxy) is 1. The maximum Gasteiger partial charge on any atom is 0.0697 e. The van der Waals surface area contributed by atoms with E-state index in [-0.39, 0.29) is 17.1 Å². The summed E-state index contributed by atoms with van der Waals surface area (Å²) in [6, 6.07) is 0.529. The van der Waals surface area contributed by atoms with Crippen molar-refractivity contribution in [2.24, 2.45) is 5.41 Å². The van der Waals surface area contributed by atoms with Crippen molar-refractivity contribution in [2.45, 2.75) is 83.5 Å². The fourth-order valence-electron chi connectivity index (χ4n) is 3.65. The predicted octanol–water partition coefficient (Wildman–Crippen LogP) is 2.86. The summed E-state index contributed by atoms with van der Waals surface area (Å²) in [4.78, 5) is 0. The Morgan fingerprint density at radius 1 is 1.32 bits per heavy atom. The summed E-state index contributed by atoms with van der Waals surface area (Å²) in [7, 11) is 0. The third-order valence-corrected chi connectivity index (χ3v) is 4.50. The van der Waals surface area contributed by atoms with Crippen molar-refractivity contribution < 1.29 is 9.84 Å². The minimum atomic E-state index is -0.234. The van der Waals surface area contributed by atoms with Gasteiger partial charge in [-0.1, -0.05) is 33.6 Å². The molecule has 3 heteroatoms. The highest BCUT2D eigenvalue weighted by molar-refractivity contribution is 4.93. The van der Waals surface area contributed by atoms with Gasteiger partial charge in [0.15, 0.2) is 0 Å². The second-order valence-electron chi connectivity index (χ2n) is 7.76. The van der Waals surface area contributed by atoms with E-state index in [0.29, 0.717) is 6.04 Å². The molecule has 2 N–H and O–H groups in total. The van der Waals surface area contributed by atoms with Crippen LogP contribution in [0.2, 0.25) is 0 Å². The molecule has 2 fully saturated rings. The van der Waals surface area contributed by atoms with Gasteiger partial charge in [0.05, 0.1) is 11.7 Å². The molecule has 1 spiro atoms. The number of aliphatic hydroxyl groups excluding tert-OH is 1. The highest BCUT2D eigenvalue weighted by atomic mass is 16.5. The molecule has 1 saturated heterocycles. The molecular weight excluding hydrogens is 238 g/mol. The zero-order valence-corrected chi connectivity index (χ0v) is 12.9. The van der Waals surface area contributed by atoms with Gasteiger partial charge in [-0.3, -0.25) is 0 Å². The third-order valence-electron chi connectivity index (χ3n) is 4.50. The Labute approximate surface area is 118 Å². The van der Waals surface area contributed by atoms with Crippen LogP contribution >= 0.6 is 0 Å². The lowest BCUT2D eigenvalue weighted by molar-refractivity contribution is -0.0845. The van der Waals surface area contributed by atoms with Crippen LogP contribution in [0.25, 0.3) is 0 Å². The Morgan fingerprint density at radius 3 is 2.63 bits per heavy atom. The van der Waals surface area contributed by atoms with Gasteiger partial charge in [-0.05, 0) is 37.5 Å². The monoisotopic (exact) mass is 269 g/mol. The first-order valence-electron chi connectivity index (χ1n) is 7.94. The molecule has 2 rings (SSSR count). The average molecular weight is 269 g/mol. The Bertz CT molecular complexity index is 279. The van der Waals surface area contributed by atoms with Crippen LogP contribution < -0.4 is 5.32 Å². The molecule has 1 aliphatic carbocycles. The lowest BCUT2D eigenvalue weighted by Gasteiger charge is -2.39. The Morgan fingerprint density at radius 2 is 2.00 bits per heavy atom. The van der Waals surface area contributed by atoms with E-state index in [0.717, 1.165) is 32.4 Å². The fourth-order valence-corrected chi connectivity index (χ4v) is 3.65. The molecule has 0 aromatic heterocycles. The van der Waals surface area contributed by atoms with Crippen molar-refractivity contribution in [3.8, 4) is 0 Å². The molecule has 2 unspecified atom stereocenters. The molecule has 2 atom stereocenters. The van der Waals surface area contributed by atoms with Crippen LogP contribution in [0.1, 0.15) is 65.7 Å². The van der Waals surface area contributed by atoms with Crippen molar-refractivity contribution in [3.05, 3.63) is 0 Å². The van der Waals surface area contributed by atoms with Crippen LogP contribution in [-0.4, -0.2) is 36.0 Å². The molecule has 2 aliphatic rings. The SMILES string of the molecule is CC(C)(C)CC(O)CNC1CCOC2(CCCC2)C1. The molecule has 0 radical (unpaired) electrons. The largest absolute Gasteiger partial charge is 0.392 e. The maximum absolute atomic E-state index is 10.1. The van der Waals surface area contributed by atoms with Gasteiger partial charge >= 0.3 is 0 Å². The summed E-state index contributed by atoms with van der Waals surface area (Å²) in [5.74, 6) is 0. The van der Waals surface area contributed by atoms with E-state index < -0.39 is 0 Å². The lowest BCUT2D eigenvalue weighted by atomic mass is 9.87. The number of hydrogen-bond acceptors (Lipinski definition) is 3. The summed E-state index contributed by atoms with van der Waals surface area (Å²) in [6.45, 7) is 8.14. The van der Waals surface area contributed by atoms with Crippen molar-refractivity contribution in [3.63, 3.8) is 0 Å². The molecule has 0 bridgehead atoms. The second kappa shape index (κ2) is 6.11. The van der Waals surface area contributed by atoms with E-state index in [1.54, 1.807) is 0 Å². The first kappa shape index (κ1) is 15.3. The van der Waals surface area contributed by atoms with Crippen LogP contribution in [0.4, 0.5) is 0 Å². The number of rotatable bonds is 4. The summed E-state index contributed by atoms with van der Waals surface area (Å²) in [5.41, 5.74) is 0.369. The number of hydrogen-bond donors (Lipinski definition) is 2. The van der Waals surface area contributed by atoms with Crippen molar-refractivity contribution in [1.82, 2.24) is 5.32 Å². The van der Waals surface area contributed by atoms with Gasteiger partial charge < -0.3 is 15.2 Å². The van der Waals surface area contributed by atoms with E-state index in [1.807, 2.05) is 0 Å². The summed E-state index contributed by atoms with van der Waals surface area (Å²) in [6.07, 6.45) is 7.94. The molecule has 0 amide bonds. The van der Waals surface area contributed by atoms with E-state index >= 15 is 0 Å². The standard InChI is InChI=1S/C16H31NO2/c1-15(2,3)11-14(18)12-17-13-6-9-19-16(10-13)7-4-5-8-16/h13-14,17-18H,4-12H2,1-3H3. The van der Waals surface area contributed by atoms with Crippen LogP contribution in [0, 0.1) is 5.41 Å². The molecule has 112 valence electrons. The fraction of sp³-hybridized carbons (Fsp3) is 1.00. The summed E-state index contributed by atoms with van der Waals surface area (Å²) < 4.78 is 6.04. The smallest absolute Gasteiger partial charge is 0.0697 e. The van der Waals surface area contributed by atoms with Crippen LogP contribution in [0.15, 0.2) is 0 Å². The number of aliphatic hydroxyl groups is 1. The Balaban J connectivity index is 1.73. The van der Waals surface area contributed by atoms with Crippen molar-refractivity contribution in [2.75, 3.05) is 13.2 Å². The minimum absolute atomic E-state index is 0.172. The first-order valence-corrected chi connectivity index (χ1v) is 7.94. The first-order chi connectivity index (χ1) is 8.89. The van der Waals surface area contributed by atoms with Gasteiger partial charge in [0.25, 0.3) is 0 Å². The topological polar surface area (TPSA) is 41.5 Å². The van der Waals surface area contributed by atoms with Gasteiger partial charge in [-0.2, -0.15) is 0 Å². The molecule has 1 aliphatic heterocycles. The van der Waals surface area contributed by atoms with Gasteiger partial charge in [0, 0.05) is 19.2 Å². The summed E-state index contributed by atoms with van der Waals surface area (Å²) >= 11 is 0. The van der Waals surface area contributed by atoms with Crippen molar-refractivity contribution >= 4 is 0 Å². The van der Waals surface area contributed by atoms with Gasteiger partial charge in [-0.25, -0.2) is 0 Å². The predicted molar refractivity (Wildman–Crippen MR) is 78.3 cm³/mol. The Hall–Kier alpha value is -0.120. The molecule has 0 aromatic rings. The quantitative estimate of drug-likeness (QED) is 0.824. The van der Waals surface area contributed by atoms with Crippen LogP contribution in [-0.2, 0) is 4.74 Å². The van der Waals surface area contributed by atoms with Gasteiger partial charge in [0.1, 0.15) is 0 Å². The molecule has 19 heavy (non-hydrogen) atoms. The highest BCUT2D eigenvalue weighted by Gasteiger charge is 2.39. The molecule has 0 aromatic carbocycles. The highest BCUT2D eigenvalue weighted by Crippen LogP contribution is 2.39. The summed E-state index contributed by atoms with van der Waals surface area (Å²) in [5, 5.41) is 13.6. The Kier molecular flexibility index (Phi) is 4.91. The normalized spacial score (nSPS) is 28.7. The average Bonchev–Trinajstić information content (AvgIpc) is 2.73. The molecule has 3 nitrogen and oxygen atoms in total. The van der Waals surface area contributed by atoms with E-state index in [4.69, 9.17) is 4.74 Å². The molecular formula is C16H31NO2. The maximum atomic E-state index is 10.1. The number of nitrogens with one attached hydrogen (secondary N) is 1. The zero-order valence-electron chi connectivity index (χ0n) is 12.9. The third kappa shape index (κ3) is 4.73. The van der Waals surface area contributed by atoms with Crippen molar-refractivity contribution in [1.29, 1.82) is 0 Å².